The number of anilines is 1. The molecule has 0 spiro atoms. The van der Waals surface area contributed by atoms with Gasteiger partial charge >= 0.3 is 0 Å². The number of likely N-dealkylation sites (N-methyl/N-ethyl adjacent to an activating group) is 1. The maximum Gasteiger partial charge on any atom is 0.270 e. The van der Waals surface area contributed by atoms with Crippen LogP contribution in [0.3, 0.4) is 0 Å². The summed E-state index contributed by atoms with van der Waals surface area (Å²) in [5.41, 5.74) is 1.27. The Kier molecular flexibility index (Phi) is 10.5. The first-order valence-corrected chi connectivity index (χ1v) is 14.1. The molecule has 2 aliphatic heterocycles. The summed E-state index contributed by atoms with van der Waals surface area (Å²) in [5, 5.41) is 9.86. The number of ether oxygens (including phenoxy) is 1. The van der Waals surface area contributed by atoms with Crippen LogP contribution < -0.4 is 10.5 Å². The summed E-state index contributed by atoms with van der Waals surface area (Å²) in [6.45, 7) is 14.6. The van der Waals surface area contributed by atoms with Crippen molar-refractivity contribution < 1.29 is 9.53 Å². The number of carbonyl (C=O) groups is 1. The van der Waals surface area contributed by atoms with Crippen molar-refractivity contribution in [1.82, 2.24) is 14.4 Å². The van der Waals surface area contributed by atoms with Gasteiger partial charge in [0.25, 0.3) is 11.5 Å². The molecule has 0 aliphatic carbocycles. The van der Waals surface area contributed by atoms with Gasteiger partial charge in [-0.05, 0) is 44.9 Å². The van der Waals surface area contributed by atoms with Crippen molar-refractivity contribution in [1.29, 1.82) is 5.26 Å². The number of thiocarbonyl (C=S) groups is 1. The Balaban J connectivity index is 2.08. The number of hydrogen-bond acceptors (Lipinski definition) is 8. The first-order valence-electron chi connectivity index (χ1n) is 12.9. The zero-order chi connectivity index (χ0) is 26.2. The van der Waals surface area contributed by atoms with Gasteiger partial charge in [0.2, 0.25) is 0 Å². The molecule has 36 heavy (non-hydrogen) atoms. The van der Waals surface area contributed by atoms with E-state index in [0.717, 1.165) is 56.9 Å². The summed E-state index contributed by atoms with van der Waals surface area (Å²) < 4.78 is 7.69. The fourth-order valence-corrected chi connectivity index (χ4v) is 5.87. The van der Waals surface area contributed by atoms with E-state index >= 15 is 0 Å². The van der Waals surface area contributed by atoms with Gasteiger partial charge in [-0.25, -0.2) is 0 Å². The third-order valence-electron chi connectivity index (χ3n) is 6.72. The van der Waals surface area contributed by atoms with Gasteiger partial charge in [-0.1, -0.05) is 44.2 Å². The first-order chi connectivity index (χ1) is 17.4. The Hall–Kier alpha value is -2.19. The summed E-state index contributed by atoms with van der Waals surface area (Å²) in [6.07, 6.45) is 4.32. The quantitative estimate of drug-likeness (QED) is 0.243. The first kappa shape index (κ1) is 28.4. The van der Waals surface area contributed by atoms with E-state index in [4.69, 9.17) is 17.0 Å². The minimum absolute atomic E-state index is 0.132. The van der Waals surface area contributed by atoms with Gasteiger partial charge in [-0.15, -0.1) is 0 Å². The molecule has 8 nitrogen and oxygen atoms in total. The number of carbonyl (C=O) groups excluding carboxylic acids is 1. The van der Waals surface area contributed by atoms with Crippen LogP contribution >= 0.6 is 24.0 Å². The average Bonchev–Trinajstić information content (AvgIpc) is 3.15. The minimum atomic E-state index is -0.253. The van der Waals surface area contributed by atoms with Crippen molar-refractivity contribution in [2.24, 2.45) is 0 Å². The molecule has 0 atom stereocenters. The lowest BCUT2D eigenvalue weighted by Crippen LogP contribution is -2.48. The molecule has 0 unspecified atom stereocenters. The highest BCUT2D eigenvalue weighted by Crippen LogP contribution is 2.36. The number of nitriles is 1. The number of aromatic nitrogens is 1. The van der Waals surface area contributed by atoms with Gasteiger partial charge in [-0.2, -0.15) is 5.26 Å². The van der Waals surface area contributed by atoms with E-state index in [0.29, 0.717) is 47.5 Å². The van der Waals surface area contributed by atoms with E-state index in [-0.39, 0.29) is 17.0 Å². The highest BCUT2D eigenvalue weighted by molar-refractivity contribution is 8.26. The molecule has 3 rings (SSSR count). The SMILES string of the molecule is CCCCn1c(N2CCN(CC)CC2)c(/C=C2\SC(=S)N(CCCOCC)C2=O)c(C)c(C#N)c1=O. The zero-order valence-electron chi connectivity index (χ0n) is 21.8. The number of amides is 1. The predicted molar refractivity (Wildman–Crippen MR) is 150 cm³/mol. The van der Waals surface area contributed by atoms with E-state index in [1.165, 1.54) is 11.8 Å². The molecule has 0 aromatic carbocycles. The third-order valence-corrected chi connectivity index (χ3v) is 8.10. The predicted octanol–water partition coefficient (Wildman–Crippen LogP) is 3.60. The second-order valence-corrected chi connectivity index (χ2v) is 10.6. The molecule has 1 aromatic rings. The lowest BCUT2D eigenvalue weighted by Gasteiger charge is -2.37. The Bertz CT molecular complexity index is 1100. The van der Waals surface area contributed by atoms with E-state index in [1.54, 1.807) is 9.47 Å². The van der Waals surface area contributed by atoms with Gasteiger partial charge in [0.05, 0.1) is 4.91 Å². The lowest BCUT2D eigenvalue weighted by atomic mass is 10.0. The van der Waals surface area contributed by atoms with Gasteiger partial charge in [0.1, 0.15) is 21.8 Å². The van der Waals surface area contributed by atoms with E-state index < -0.39 is 0 Å². The number of unbranched alkanes of at least 4 members (excludes halogenated alkanes) is 1. The number of thioether (sulfide) groups is 1. The molecule has 0 radical (unpaired) electrons. The molecule has 3 heterocycles. The van der Waals surface area contributed by atoms with Crippen molar-refractivity contribution >= 4 is 46.1 Å². The second-order valence-electron chi connectivity index (χ2n) is 8.96. The Morgan fingerprint density at radius 3 is 2.44 bits per heavy atom. The van der Waals surface area contributed by atoms with Crippen LogP contribution in [-0.2, 0) is 16.1 Å². The van der Waals surface area contributed by atoms with Gasteiger partial charge in [-0.3, -0.25) is 19.1 Å². The minimum Gasteiger partial charge on any atom is -0.382 e. The largest absolute Gasteiger partial charge is 0.382 e. The van der Waals surface area contributed by atoms with Gasteiger partial charge in [0.15, 0.2) is 0 Å². The molecule has 1 aromatic heterocycles. The van der Waals surface area contributed by atoms with Crippen LogP contribution in [-0.4, -0.2) is 77.1 Å². The van der Waals surface area contributed by atoms with Gasteiger partial charge in [0, 0.05) is 58.0 Å². The molecular weight excluding hydrogens is 494 g/mol. The maximum absolute atomic E-state index is 13.4. The highest BCUT2D eigenvalue weighted by atomic mass is 32.2. The molecule has 196 valence electrons. The molecule has 1 amide bonds. The average molecular weight is 532 g/mol. The Morgan fingerprint density at radius 2 is 1.83 bits per heavy atom. The zero-order valence-corrected chi connectivity index (χ0v) is 23.5. The van der Waals surface area contributed by atoms with E-state index in [2.05, 4.69) is 29.7 Å². The van der Waals surface area contributed by atoms with Crippen molar-refractivity contribution in [2.75, 3.05) is 57.4 Å². The summed E-state index contributed by atoms with van der Waals surface area (Å²) >= 11 is 6.80. The number of pyridine rings is 1. The number of hydrogen-bond donors (Lipinski definition) is 0. The number of piperazine rings is 1. The van der Waals surface area contributed by atoms with Crippen molar-refractivity contribution in [2.45, 2.75) is 53.5 Å². The van der Waals surface area contributed by atoms with Crippen molar-refractivity contribution in [3.63, 3.8) is 0 Å². The summed E-state index contributed by atoms with van der Waals surface area (Å²) in [4.78, 5) is 33.5. The molecular formula is C26H37N5O3S2. The van der Waals surface area contributed by atoms with Crippen LogP contribution in [0.1, 0.15) is 56.7 Å². The van der Waals surface area contributed by atoms with Crippen LogP contribution in [0.4, 0.5) is 5.82 Å². The summed E-state index contributed by atoms with van der Waals surface area (Å²) in [7, 11) is 0. The molecule has 2 aliphatic rings. The molecule has 2 saturated heterocycles. The number of rotatable bonds is 11. The van der Waals surface area contributed by atoms with Crippen LogP contribution in [0.5, 0.6) is 0 Å². The van der Waals surface area contributed by atoms with Gasteiger partial charge < -0.3 is 14.5 Å². The third kappa shape index (κ3) is 6.20. The van der Waals surface area contributed by atoms with E-state index in [9.17, 15) is 14.9 Å². The van der Waals surface area contributed by atoms with Crippen LogP contribution in [0.25, 0.3) is 6.08 Å². The Morgan fingerprint density at radius 1 is 1.11 bits per heavy atom. The van der Waals surface area contributed by atoms with Crippen LogP contribution in [0.15, 0.2) is 9.70 Å². The fraction of sp³-hybridized carbons (Fsp3) is 0.615. The fourth-order valence-electron chi connectivity index (χ4n) is 4.58. The summed E-state index contributed by atoms with van der Waals surface area (Å²) in [6, 6.07) is 2.13. The molecule has 0 saturated carbocycles. The van der Waals surface area contributed by atoms with Crippen LogP contribution in [0, 0.1) is 18.3 Å². The lowest BCUT2D eigenvalue weighted by molar-refractivity contribution is -0.122. The van der Waals surface area contributed by atoms with E-state index in [1.807, 2.05) is 19.9 Å². The monoisotopic (exact) mass is 531 g/mol. The standard InChI is InChI=1S/C26H37N5O3S2/c1-5-8-10-30-23(29-14-12-28(6-2)13-15-29)20(19(4)21(18-27)24(30)32)17-22-25(33)31(26(35)36-22)11-9-16-34-7-3/h17H,5-16H2,1-4H3/b22-17-. The Labute approximate surface area is 223 Å². The second kappa shape index (κ2) is 13.4. The number of nitrogens with zero attached hydrogens (tertiary/aromatic N) is 5. The maximum atomic E-state index is 13.4. The molecule has 0 N–H and O–H groups in total. The topological polar surface area (TPSA) is 81.8 Å². The van der Waals surface area contributed by atoms with Crippen LogP contribution in [0.2, 0.25) is 0 Å². The van der Waals surface area contributed by atoms with Crippen molar-refractivity contribution in [3.05, 3.63) is 31.9 Å². The summed E-state index contributed by atoms with van der Waals surface area (Å²) in [5.74, 6) is 0.676. The molecule has 0 bridgehead atoms. The van der Waals surface area contributed by atoms with Crippen molar-refractivity contribution in [3.8, 4) is 6.07 Å². The smallest absolute Gasteiger partial charge is 0.270 e. The molecule has 2 fully saturated rings. The molecule has 10 heteroatoms. The normalized spacial score (nSPS) is 17.9. The highest BCUT2D eigenvalue weighted by Gasteiger charge is 2.33.